The van der Waals surface area contributed by atoms with E-state index >= 15 is 0 Å². The summed E-state index contributed by atoms with van der Waals surface area (Å²) in [4.78, 5) is 24.8. The van der Waals surface area contributed by atoms with Crippen LogP contribution in [0, 0.1) is 10.1 Å². The summed E-state index contributed by atoms with van der Waals surface area (Å²) in [6.45, 7) is 6.03. The number of hydrogen-bond donors (Lipinski definition) is 1. The average molecular weight is 370 g/mol. The molecule has 0 unspecified atom stereocenters. The molecule has 0 saturated heterocycles. The van der Waals surface area contributed by atoms with Gasteiger partial charge in [0, 0.05) is 30.9 Å². The summed E-state index contributed by atoms with van der Waals surface area (Å²) >= 11 is 0. The Morgan fingerprint density at radius 1 is 1.22 bits per heavy atom. The second kappa shape index (κ2) is 9.33. The highest BCUT2D eigenvalue weighted by Gasteiger charge is 2.17. The van der Waals surface area contributed by atoms with Crippen LogP contribution in [-0.4, -0.2) is 37.2 Å². The van der Waals surface area contributed by atoms with E-state index in [9.17, 15) is 14.9 Å². The molecule has 0 aliphatic heterocycles. The van der Waals surface area contributed by atoms with Gasteiger partial charge in [-0.05, 0) is 37.6 Å². The van der Waals surface area contributed by atoms with Gasteiger partial charge in [0.15, 0.2) is 0 Å². The molecular weight excluding hydrogens is 348 g/mol. The summed E-state index contributed by atoms with van der Waals surface area (Å²) in [7, 11) is 1.39. The van der Waals surface area contributed by atoms with Crippen molar-refractivity contribution in [2.45, 2.75) is 13.8 Å². The number of non-ortho nitro benzene ring substituents is 1. The third kappa shape index (κ3) is 5.04. The number of carbonyl (C=O) groups is 1. The van der Waals surface area contributed by atoms with Gasteiger partial charge in [-0.25, -0.2) is 5.43 Å². The van der Waals surface area contributed by atoms with Crippen LogP contribution in [0.25, 0.3) is 0 Å². The number of methoxy groups -OCH3 is 1. The van der Waals surface area contributed by atoms with Crippen LogP contribution in [-0.2, 0) is 0 Å². The molecule has 0 saturated carbocycles. The zero-order chi connectivity index (χ0) is 19.8. The van der Waals surface area contributed by atoms with Crippen molar-refractivity contribution in [2.24, 2.45) is 5.10 Å². The predicted octanol–water partition coefficient (Wildman–Crippen LogP) is 3.21. The first-order valence-electron chi connectivity index (χ1n) is 8.51. The van der Waals surface area contributed by atoms with E-state index in [0.717, 1.165) is 30.4 Å². The Morgan fingerprint density at radius 3 is 2.44 bits per heavy atom. The Morgan fingerprint density at radius 2 is 1.89 bits per heavy atom. The average Bonchev–Trinajstić information content (AvgIpc) is 2.69. The number of benzene rings is 2. The van der Waals surface area contributed by atoms with Crippen molar-refractivity contribution in [1.82, 2.24) is 5.43 Å². The summed E-state index contributed by atoms with van der Waals surface area (Å²) < 4.78 is 5.08. The standard InChI is InChI=1S/C19H22N4O4/c1-4-22(5-2)15-8-6-14(7-9-15)13-20-21-19(24)17-12-16(23(25)26)10-11-18(17)27-3/h6-13H,4-5H2,1-3H3,(H,21,24)/b20-13-. The third-order valence-electron chi connectivity index (χ3n) is 4.04. The number of hydrazone groups is 1. The second-order valence-electron chi connectivity index (χ2n) is 5.60. The molecule has 0 aromatic heterocycles. The van der Waals surface area contributed by atoms with Crippen LogP contribution in [0.4, 0.5) is 11.4 Å². The summed E-state index contributed by atoms with van der Waals surface area (Å²) in [5.41, 5.74) is 4.14. The molecule has 0 heterocycles. The van der Waals surface area contributed by atoms with Crippen molar-refractivity contribution in [3.8, 4) is 5.75 Å². The number of amides is 1. The van der Waals surface area contributed by atoms with Gasteiger partial charge in [0.2, 0.25) is 0 Å². The molecule has 0 spiro atoms. The van der Waals surface area contributed by atoms with Crippen LogP contribution < -0.4 is 15.1 Å². The second-order valence-corrected chi connectivity index (χ2v) is 5.60. The van der Waals surface area contributed by atoms with Crippen molar-refractivity contribution < 1.29 is 14.5 Å². The molecule has 0 aliphatic carbocycles. The largest absolute Gasteiger partial charge is 0.496 e. The SMILES string of the molecule is CCN(CC)c1ccc(/C=N\NC(=O)c2cc([N+](=O)[O-])ccc2OC)cc1. The fourth-order valence-electron chi connectivity index (χ4n) is 2.57. The highest BCUT2D eigenvalue weighted by molar-refractivity contribution is 5.98. The number of nitrogens with one attached hydrogen (secondary N) is 1. The summed E-state index contributed by atoms with van der Waals surface area (Å²) in [5, 5.41) is 14.8. The van der Waals surface area contributed by atoms with Gasteiger partial charge in [-0.3, -0.25) is 14.9 Å². The van der Waals surface area contributed by atoms with E-state index in [-0.39, 0.29) is 17.0 Å². The Labute approximate surface area is 157 Å². The van der Waals surface area contributed by atoms with Crippen molar-refractivity contribution >= 4 is 23.5 Å². The number of ether oxygens (including phenoxy) is 1. The number of nitro groups is 1. The number of anilines is 1. The first kappa shape index (κ1) is 19.9. The molecule has 1 amide bonds. The molecule has 0 radical (unpaired) electrons. The van der Waals surface area contributed by atoms with Crippen molar-refractivity contribution in [3.05, 3.63) is 63.7 Å². The Bertz CT molecular complexity index is 830. The first-order chi connectivity index (χ1) is 13.0. The smallest absolute Gasteiger partial charge is 0.275 e. The number of rotatable bonds is 8. The molecular formula is C19H22N4O4. The lowest BCUT2D eigenvalue weighted by atomic mass is 10.1. The zero-order valence-corrected chi connectivity index (χ0v) is 15.5. The lowest BCUT2D eigenvalue weighted by Gasteiger charge is -2.20. The number of carbonyl (C=O) groups excluding carboxylic acids is 1. The zero-order valence-electron chi connectivity index (χ0n) is 15.5. The molecule has 0 fully saturated rings. The molecule has 2 aromatic rings. The van der Waals surface area contributed by atoms with Gasteiger partial charge in [-0.15, -0.1) is 0 Å². The van der Waals surface area contributed by atoms with Gasteiger partial charge in [0.25, 0.3) is 11.6 Å². The van der Waals surface area contributed by atoms with Gasteiger partial charge >= 0.3 is 0 Å². The van der Waals surface area contributed by atoms with Crippen LogP contribution >= 0.6 is 0 Å². The van der Waals surface area contributed by atoms with Crippen molar-refractivity contribution in [2.75, 3.05) is 25.1 Å². The summed E-state index contributed by atoms with van der Waals surface area (Å²) in [5.74, 6) is -0.358. The molecule has 2 aromatic carbocycles. The molecule has 142 valence electrons. The monoisotopic (exact) mass is 370 g/mol. The molecule has 27 heavy (non-hydrogen) atoms. The van der Waals surface area contributed by atoms with Crippen LogP contribution in [0.15, 0.2) is 47.6 Å². The van der Waals surface area contributed by atoms with Gasteiger partial charge < -0.3 is 9.64 Å². The minimum atomic E-state index is -0.591. The molecule has 8 heteroatoms. The minimum absolute atomic E-state index is 0.0423. The van der Waals surface area contributed by atoms with E-state index in [1.807, 2.05) is 24.3 Å². The molecule has 8 nitrogen and oxygen atoms in total. The lowest BCUT2D eigenvalue weighted by Crippen LogP contribution is -2.21. The lowest BCUT2D eigenvalue weighted by molar-refractivity contribution is -0.384. The first-order valence-corrected chi connectivity index (χ1v) is 8.51. The number of nitrogens with zero attached hydrogens (tertiary/aromatic N) is 3. The predicted molar refractivity (Wildman–Crippen MR) is 105 cm³/mol. The summed E-state index contributed by atoms with van der Waals surface area (Å²) in [6.07, 6.45) is 1.51. The number of nitro benzene ring substituents is 1. The van der Waals surface area contributed by atoms with Crippen LogP contribution in [0.3, 0.4) is 0 Å². The maximum atomic E-state index is 12.3. The molecule has 0 bridgehead atoms. The molecule has 1 N–H and O–H groups in total. The Kier molecular flexibility index (Phi) is 6.87. The Hall–Kier alpha value is -3.42. The van der Waals surface area contributed by atoms with E-state index in [0.29, 0.717) is 0 Å². The van der Waals surface area contributed by atoms with Crippen LogP contribution in [0.5, 0.6) is 5.75 Å². The van der Waals surface area contributed by atoms with Crippen molar-refractivity contribution in [3.63, 3.8) is 0 Å². The van der Waals surface area contributed by atoms with E-state index in [2.05, 4.69) is 29.3 Å². The quantitative estimate of drug-likeness (QED) is 0.437. The molecule has 2 rings (SSSR count). The van der Waals surface area contributed by atoms with Gasteiger partial charge in [0.05, 0.1) is 23.8 Å². The van der Waals surface area contributed by atoms with Crippen molar-refractivity contribution in [1.29, 1.82) is 0 Å². The maximum Gasteiger partial charge on any atom is 0.275 e. The van der Waals surface area contributed by atoms with Gasteiger partial charge in [-0.1, -0.05) is 12.1 Å². The van der Waals surface area contributed by atoms with Crippen LogP contribution in [0.2, 0.25) is 0 Å². The fourth-order valence-corrected chi connectivity index (χ4v) is 2.57. The van der Waals surface area contributed by atoms with E-state index in [1.165, 1.54) is 25.5 Å². The highest BCUT2D eigenvalue weighted by Crippen LogP contribution is 2.23. The van der Waals surface area contributed by atoms with E-state index < -0.39 is 10.8 Å². The molecule has 0 atom stereocenters. The maximum absolute atomic E-state index is 12.3. The van der Waals surface area contributed by atoms with Gasteiger partial charge in [-0.2, -0.15) is 5.10 Å². The third-order valence-corrected chi connectivity index (χ3v) is 4.04. The number of hydrogen-bond acceptors (Lipinski definition) is 6. The normalized spacial score (nSPS) is 10.6. The molecule has 0 aliphatic rings. The topological polar surface area (TPSA) is 97.1 Å². The van der Waals surface area contributed by atoms with E-state index in [1.54, 1.807) is 0 Å². The van der Waals surface area contributed by atoms with Gasteiger partial charge in [0.1, 0.15) is 5.75 Å². The minimum Gasteiger partial charge on any atom is -0.496 e. The van der Waals surface area contributed by atoms with E-state index in [4.69, 9.17) is 4.74 Å². The Balaban J connectivity index is 2.09. The highest BCUT2D eigenvalue weighted by atomic mass is 16.6. The van der Waals surface area contributed by atoms with Crippen LogP contribution in [0.1, 0.15) is 29.8 Å². The summed E-state index contributed by atoms with van der Waals surface area (Å²) in [6, 6.07) is 11.6. The fraction of sp³-hybridized carbons (Fsp3) is 0.263.